The summed E-state index contributed by atoms with van der Waals surface area (Å²) in [4.78, 5) is 35.3. The zero-order valence-electron chi connectivity index (χ0n) is 12.2. The zero-order valence-corrected chi connectivity index (χ0v) is 12.2. The highest BCUT2D eigenvalue weighted by molar-refractivity contribution is 5.79. The first-order chi connectivity index (χ1) is 9.42. The number of nitrogens with two attached hydrogens (primary N) is 1. The number of hydrogen-bond donors (Lipinski definition) is 2. The van der Waals surface area contributed by atoms with Gasteiger partial charge in [-0.25, -0.2) is 4.79 Å². The Hall–Kier alpha value is -1.83. The molecule has 8 heteroatoms. The maximum atomic E-state index is 11.7. The maximum Gasteiger partial charge on any atom is 0.407 e. The summed E-state index contributed by atoms with van der Waals surface area (Å²) in [5, 5.41) is 2.51. The molecule has 0 fully saturated rings. The third kappa shape index (κ3) is 7.57. The van der Waals surface area contributed by atoms with Gasteiger partial charge in [0.1, 0.15) is 6.04 Å². The lowest BCUT2D eigenvalue weighted by molar-refractivity contribution is -0.142. The first-order valence-electron chi connectivity index (χ1n) is 6.40. The van der Waals surface area contributed by atoms with E-state index in [2.05, 4.69) is 14.8 Å². The highest BCUT2D eigenvalue weighted by Gasteiger charge is 2.17. The molecular weight excluding hydrogens is 266 g/mol. The van der Waals surface area contributed by atoms with Crippen LogP contribution < -0.4 is 11.1 Å². The van der Waals surface area contributed by atoms with Crippen LogP contribution in [-0.4, -0.2) is 62.8 Å². The van der Waals surface area contributed by atoms with Crippen LogP contribution in [0.3, 0.4) is 0 Å². The molecule has 20 heavy (non-hydrogen) atoms. The molecule has 0 aliphatic carbocycles. The standard InChI is InChI=1S/C12H23N3O5/c1-4-20-12(18)14-7-8-15(2)10(16)6-5-9(13)11(17)19-3/h9H,4-8,13H2,1-3H3,(H,14,18). The predicted octanol–water partition coefficient (Wildman–Crippen LogP) is -0.529. The average molecular weight is 289 g/mol. The molecule has 0 aliphatic rings. The van der Waals surface area contributed by atoms with Crippen molar-refractivity contribution in [3.05, 3.63) is 0 Å². The van der Waals surface area contributed by atoms with Crippen molar-refractivity contribution in [2.45, 2.75) is 25.8 Å². The normalized spacial score (nSPS) is 11.4. The highest BCUT2D eigenvalue weighted by atomic mass is 16.5. The minimum Gasteiger partial charge on any atom is -0.468 e. The monoisotopic (exact) mass is 289 g/mol. The molecule has 1 unspecified atom stereocenters. The Kier molecular flexibility index (Phi) is 9.10. The van der Waals surface area contributed by atoms with Gasteiger partial charge in [0, 0.05) is 26.6 Å². The lowest BCUT2D eigenvalue weighted by atomic mass is 10.1. The number of alkyl carbamates (subject to hydrolysis) is 1. The number of carbonyl (C=O) groups excluding carboxylic acids is 3. The smallest absolute Gasteiger partial charge is 0.407 e. The zero-order chi connectivity index (χ0) is 15.5. The van der Waals surface area contributed by atoms with Crippen molar-refractivity contribution in [1.29, 1.82) is 0 Å². The van der Waals surface area contributed by atoms with Gasteiger partial charge in [-0.1, -0.05) is 0 Å². The Bertz CT molecular complexity index is 335. The van der Waals surface area contributed by atoms with Gasteiger partial charge in [-0.05, 0) is 13.3 Å². The topological polar surface area (TPSA) is 111 Å². The number of nitrogens with one attached hydrogen (secondary N) is 1. The molecule has 0 saturated carbocycles. The van der Waals surface area contributed by atoms with E-state index in [9.17, 15) is 14.4 Å². The van der Waals surface area contributed by atoms with Crippen molar-refractivity contribution < 1.29 is 23.9 Å². The molecule has 3 N–H and O–H groups in total. The van der Waals surface area contributed by atoms with Crippen molar-refractivity contribution in [3.63, 3.8) is 0 Å². The van der Waals surface area contributed by atoms with E-state index in [0.29, 0.717) is 19.7 Å². The minimum absolute atomic E-state index is 0.145. The van der Waals surface area contributed by atoms with Gasteiger partial charge < -0.3 is 25.4 Å². The molecule has 116 valence electrons. The van der Waals surface area contributed by atoms with E-state index >= 15 is 0 Å². The summed E-state index contributed by atoms with van der Waals surface area (Å²) in [7, 11) is 2.86. The van der Waals surface area contributed by atoms with Crippen LogP contribution in [0.5, 0.6) is 0 Å². The number of amides is 2. The number of methoxy groups -OCH3 is 1. The average Bonchev–Trinajstić information content (AvgIpc) is 2.43. The first kappa shape index (κ1) is 18.2. The fraction of sp³-hybridized carbons (Fsp3) is 0.750. The summed E-state index contributed by atoms with van der Waals surface area (Å²) >= 11 is 0. The summed E-state index contributed by atoms with van der Waals surface area (Å²) in [5.74, 6) is -0.695. The van der Waals surface area contributed by atoms with Crippen LogP contribution in [0.15, 0.2) is 0 Å². The Balaban J connectivity index is 3.87. The van der Waals surface area contributed by atoms with Crippen molar-refractivity contribution >= 4 is 18.0 Å². The van der Waals surface area contributed by atoms with Gasteiger partial charge in [0.25, 0.3) is 0 Å². The van der Waals surface area contributed by atoms with Crippen LogP contribution in [0.2, 0.25) is 0 Å². The Labute approximate surface area is 118 Å². The van der Waals surface area contributed by atoms with Crippen molar-refractivity contribution in [3.8, 4) is 0 Å². The number of nitrogens with zero attached hydrogens (tertiary/aromatic N) is 1. The second-order valence-corrected chi connectivity index (χ2v) is 4.13. The van der Waals surface area contributed by atoms with Gasteiger partial charge in [0.05, 0.1) is 13.7 Å². The Morgan fingerprint density at radius 1 is 1.35 bits per heavy atom. The van der Waals surface area contributed by atoms with E-state index in [0.717, 1.165) is 0 Å². The predicted molar refractivity (Wildman–Crippen MR) is 71.9 cm³/mol. The number of carbonyl (C=O) groups is 3. The molecule has 0 aromatic rings. The van der Waals surface area contributed by atoms with Gasteiger partial charge >= 0.3 is 12.1 Å². The second kappa shape index (κ2) is 10.0. The second-order valence-electron chi connectivity index (χ2n) is 4.13. The van der Waals surface area contributed by atoms with Crippen LogP contribution in [0.25, 0.3) is 0 Å². The van der Waals surface area contributed by atoms with Gasteiger partial charge in [-0.15, -0.1) is 0 Å². The number of ether oxygens (including phenoxy) is 2. The van der Waals surface area contributed by atoms with E-state index < -0.39 is 18.1 Å². The van der Waals surface area contributed by atoms with E-state index in [1.165, 1.54) is 12.0 Å². The molecule has 8 nitrogen and oxygen atoms in total. The SMILES string of the molecule is CCOC(=O)NCCN(C)C(=O)CCC(N)C(=O)OC. The van der Waals surface area contributed by atoms with Gasteiger partial charge in [-0.2, -0.15) is 0 Å². The quantitative estimate of drug-likeness (QED) is 0.581. The summed E-state index contributed by atoms with van der Waals surface area (Å²) in [5.41, 5.74) is 5.53. The Morgan fingerprint density at radius 2 is 2.00 bits per heavy atom. The molecule has 0 saturated heterocycles. The molecule has 0 rings (SSSR count). The van der Waals surface area contributed by atoms with Crippen molar-refractivity contribution in [1.82, 2.24) is 10.2 Å². The fourth-order valence-electron chi connectivity index (χ4n) is 1.37. The van der Waals surface area contributed by atoms with Crippen molar-refractivity contribution in [2.24, 2.45) is 5.73 Å². The number of esters is 1. The molecule has 0 radical (unpaired) electrons. The lowest BCUT2D eigenvalue weighted by Gasteiger charge is -2.18. The van der Waals surface area contributed by atoms with E-state index in [-0.39, 0.29) is 18.7 Å². The molecule has 0 bridgehead atoms. The molecule has 0 spiro atoms. The molecule has 0 aliphatic heterocycles. The molecule has 0 aromatic carbocycles. The number of hydrogen-bond acceptors (Lipinski definition) is 6. The van der Waals surface area contributed by atoms with E-state index in [1.54, 1.807) is 14.0 Å². The molecule has 1 atom stereocenters. The summed E-state index contributed by atoms with van der Waals surface area (Å²) < 4.78 is 9.15. The summed E-state index contributed by atoms with van der Waals surface area (Å²) in [6.45, 7) is 2.65. The summed E-state index contributed by atoms with van der Waals surface area (Å²) in [6, 6.07) is -0.796. The third-order valence-electron chi connectivity index (χ3n) is 2.59. The Morgan fingerprint density at radius 3 is 2.55 bits per heavy atom. The first-order valence-corrected chi connectivity index (χ1v) is 6.40. The van der Waals surface area contributed by atoms with E-state index in [4.69, 9.17) is 5.73 Å². The van der Waals surface area contributed by atoms with Crippen LogP contribution in [-0.2, 0) is 19.1 Å². The van der Waals surface area contributed by atoms with Gasteiger partial charge in [0.2, 0.25) is 5.91 Å². The van der Waals surface area contributed by atoms with Crippen LogP contribution >= 0.6 is 0 Å². The lowest BCUT2D eigenvalue weighted by Crippen LogP contribution is -2.38. The highest BCUT2D eigenvalue weighted by Crippen LogP contribution is 2.00. The summed E-state index contributed by atoms with van der Waals surface area (Å²) in [6.07, 6.45) is -0.145. The minimum atomic E-state index is -0.796. The molecule has 0 aromatic heterocycles. The molecule has 0 heterocycles. The van der Waals surface area contributed by atoms with Crippen molar-refractivity contribution in [2.75, 3.05) is 33.9 Å². The third-order valence-corrected chi connectivity index (χ3v) is 2.59. The number of rotatable bonds is 8. The van der Waals surface area contributed by atoms with Crippen LogP contribution in [0, 0.1) is 0 Å². The van der Waals surface area contributed by atoms with E-state index in [1.807, 2.05) is 0 Å². The molecule has 2 amide bonds. The number of likely N-dealkylation sites (N-methyl/N-ethyl adjacent to an activating group) is 1. The molecular formula is C12H23N3O5. The van der Waals surface area contributed by atoms with Crippen LogP contribution in [0.1, 0.15) is 19.8 Å². The maximum absolute atomic E-state index is 11.7. The van der Waals surface area contributed by atoms with Crippen LogP contribution in [0.4, 0.5) is 4.79 Å². The van der Waals surface area contributed by atoms with Gasteiger partial charge in [0.15, 0.2) is 0 Å². The fourth-order valence-corrected chi connectivity index (χ4v) is 1.37. The largest absolute Gasteiger partial charge is 0.468 e. The van der Waals surface area contributed by atoms with Gasteiger partial charge in [-0.3, -0.25) is 9.59 Å².